The Kier molecular flexibility index (Phi) is 5.92. The first-order valence-corrected chi connectivity index (χ1v) is 10.5. The first kappa shape index (κ1) is 21.5. The van der Waals surface area contributed by atoms with Gasteiger partial charge in [0.15, 0.2) is 5.58 Å². The predicted molar refractivity (Wildman–Crippen MR) is 124 cm³/mol. The van der Waals surface area contributed by atoms with Gasteiger partial charge in [-0.05, 0) is 60.4 Å². The number of hydrogen-bond acceptors (Lipinski definition) is 5. The molecular formula is C24H20ClN3O4. The molecule has 0 aliphatic heterocycles. The molecular weight excluding hydrogens is 430 g/mol. The quantitative estimate of drug-likeness (QED) is 0.257. The molecule has 0 saturated heterocycles. The summed E-state index contributed by atoms with van der Waals surface area (Å²) in [5.74, 6) is 0.397. The summed E-state index contributed by atoms with van der Waals surface area (Å²) in [6, 6.07) is 16.8. The van der Waals surface area contributed by atoms with Gasteiger partial charge in [-0.15, -0.1) is 0 Å². The molecule has 1 atom stereocenters. The van der Waals surface area contributed by atoms with Gasteiger partial charge in [0.2, 0.25) is 5.89 Å². The molecule has 32 heavy (non-hydrogen) atoms. The summed E-state index contributed by atoms with van der Waals surface area (Å²) >= 11 is 6.04. The minimum Gasteiger partial charge on any atom is -0.436 e. The van der Waals surface area contributed by atoms with Crippen molar-refractivity contribution in [2.75, 3.05) is 5.32 Å². The Bertz CT molecular complexity index is 1310. The van der Waals surface area contributed by atoms with Crippen molar-refractivity contribution in [3.05, 3.63) is 86.9 Å². The van der Waals surface area contributed by atoms with E-state index >= 15 is 0 Å². The van der Waals surface area contributed by atoms with E-state index in [4.69, 9.17) is 16.0 Å². The third-order valence-corrected chi connectivity index (χ3v) is 5.72. The fourth-order valence-corrected chi connectivity index (χ4v) is 3.51. The molecule has 0 radical (unpaired) electrons. The Morgan fingerprint density at radius 2 is 1.91 bits per heavy atom. The van der Waals surface area contributed by atoms with E-state index in [0.717, 1.165) is 23.6 Å². The lowest BCUT2D eigenvalue weighted by Gasteiger charge is -2.07. The Balaban J connectivity index is 1.54. The average Bonchev–Trinajstić information content (AvgIpc) is 3.22. The predicted octanol–water partition coefficient (Wildman–Crippen LogP) is 6.82. The summed E-state index contributed by atoms with van der Waals surface area (Å²) in [4.78, 5) is 27.5. The van der Waals surface area contributed by atoms with Crippen LogP contribution in [-0.2, 0) is 0 Å². The zero-order valence-corrected chi connectivity index (χ0v) is 18.2. The molecule has 0 aliphatic rings. The van der Waals surface area contributed by atoms with Crippen LogP contribution in [0.3, 0.4) is 0 Å². The number of nitro groups is 1. The molecule has 0 spiro atoms. The highest BCUT2D eigenvalue weighted by Crippen LogP contribution is 2.29. The summed E-state index contributed by atoms with van der Waals surface area (Å²) in [6.45, 7) is 4.33. The van der Waals surface area contributed by atoms with Gasteiger partial charge in [0.25, 0.3) is 11.6 Å². The summed E-state index contributed by atoms with van der Waals surface area (Å²) in [5, 5.41) is 13.8. The Hall–Kier alpha value is -3.71. The first-order chi connectivity index (χ1) is 15.4. The van der Waals surface area contributed by atoms with Gasteiger partial charge in [-0.3, -0.25) is 14.9 Å². The summed E-state index contributed by atoms with van der Waals surface area (Å²) in [6.07, 6.45) is 1.05. The van der Waals surface area contributed by atoms with Crippen LogP contribution in [0.25, 0.3) is 22.6 Å². The number of carbonyl (C=O) groups excluding carboxylic acids is 1. The van der Waals surface area contributed by atoms with E-state index in [-0.39, 0.29) is 16.3 Å². The van der Waals surface area contributed by atoms with Crippen molar-refractivity contribution in [3.8, 4) is 11.5 Å². The van der Waals surface area contributed by atoms with E-state index in [2.05, 4.69) is 30.2 Å². The fraction of sp³-hybridized carbons (Fsp3) is 0.167. The fourth-order valence-electron chi connectivity index (χ4n) is 3.31. The lowest BCUT2D eigenvalue weighted by Crippen LogP contribution is -2.12. The van der Waals surface area contributed by atoms with Gasteiger partial charge in [0, 0.05) is 23.4 Å². The van der Waals surface area contributed by atoms with E-state index in [1.165, 1.54) is 17.7 Å². The molecule has 0 bridgehead atoms. The monoisotopic (exact) mass is 449 g/mol. The van der Waals surface area contributed by atoms with Crippen molar-refractivity contribution in [1.29, 1.82) is 0 Å². The van der Waals surface area contributed by atoms with E-state index in [1.807, 2.05) is 12.1 Å². The van der Waals surface area contributed by atoms with Crippen molar-refractivity contribution in [1.82, 2.24) is 4.98 Å². The van der Waals surface area contributed by atoms with Crippen molar-refractivity contribution in [2.45, 2.75) is 26.2 Å². The normalized spacial score (nSPS) is 12.0. The Morgan fingerprint density at radius 3 is 2.59 bits per heavy atom. The van der Waals surface area contributed by atoms with Crippen LogP contribution in [0.5, 0.6) is 0 Å². The number of aromatic nitrogens is 1. The van der Waals surface area contributed by atoms with Crippen LogP contribution < -0.4 is 5.32 Å². The minimum atomic E-state index is -0.575. The highest BCUT2D eigenvalue weighted by atomic mass is 35.5. The van der Waals surface area contributed by atoms with Gasteiger partial charge >= 0.3 is 0 Å². The largest absolute Gasteiger partial charge is 0.436 e. The van der Waals surface area contributed by atoms with Crippen LogP contribution in [0.15, 0.2) is 65.1 Å². The summed E-state index contributed by atoms with van der Waals surface area (Å²) in [7, 11) is 0. The molecule has 1 amide bonds. The van der Waals surface area contributed by atoms with Crippen LogP contribution in [-0.4, -0.2) is 15.8 Å². The molecule has 0 saturated carbocycles. The second-order valence-electron chi connectivity index (χ2n) is 7.51. The van der Waals surface area contributed by atoms with Crippen molar-refractivity contribution in [3.63, 3.8) is 0 Å². The minimum absolute atomic E-state index is 0.0287. The maximum Gasteiger partial charge on any atom is 0.270 e. The van der Waals surface area contributed by atoms with E-state index in [9.17, 15) is 14.9 Å². The number of anilines is 1. The number of halogens is 1. The van der Waals surface area contributed by atoms with Gasteiger partial charge in [0.1, 0.15) is 5.52 Å². The van der Waals surface area contributed by atoms with E-state index in [0.29, 0.717) is 23.1 Å². The lowest BCUT2D eigenvalue weighted by molar-refractivity contribution is -0.384. The standard InChI is InChI=1S/C24H20ClN3O4/c1-3-14(2)16-6-11-22-21(12-16)27-24(32-22)15-4-7-17(8-5-15)26-23(29)19-13-18(28(30)31)9-10-20(19)25/h4-14H,3H2,1-2H3,(H,26,29). The van der Waals surface area contributed by atoms with Crippen molar-refractivity contribution >= 4 is 40.0 Å². The molecule has 0 aliphatic carbocycles. The highest BCUT2D eigenvalue weighted by Gasteiger charge is 2.16. The van der Waals surface area contributed by atoms with Crippen LogP contribution in [0.2, 0.25) is 5.02 Å². The number of nitrogens with one attached hydrogen (secondary N) is 1. The molecule has 162 valence electrons. The molecule has 0 fully saturated rings. The summed E-state index contributed by atoms with van der Waals surface area (Å²) < 4.78 is 5.88. The number of hydrogen-bond donors (Lipinski definition) is 1. The van der Waals surface area contributed by atoms with Gasteiger partial charge < -0.3 is 9.73 Å². The van der Waals surface area contributed by atoms with Crippen LogP contribution >= 0.6 is 11.6 Å². The number of amides is 1. The molecule has 8 heteroatoms. The second-order valence-corrected chi connectivity index (χ2v) is 7.92. The smallest absolute Gasteiger partial charge is 0.270 e. The zero-order valence-electron chi connectivity index (χ0n) is 17.5. The SMILES string of the molecule is CCC(C)c1ccc2oc(-c3ccc(NC(=O)c4cc([N+](=O)[O-])ccc4Cl)cc3)nc2c1. The highest BCUT2D eigenvalue weighted by molar-refractivity contribution is 6.34. The molecule has 1 unspecified atom stereocenters. The Labute approximate surface area is 189 Å². The Morgan fingerprint density at radius 1 is 1.16 bits per heavy atom. The second kappa shape index (κ2) is 8.80. The lowest BCUT2D eigenvalue weighted by atomic mass is 9.98. The van der Waals surface area contributed by atoms with E-state index in [1.54, 1.807) is 24.3 Å². The van der Waals surface area contributed by atoms with Crippen molar-refractivity contribution in [2.24, 2.45) is 0 Å². The number of carbonyl (C=O) groups is 1. The molecule has 1 aromatic heterocycles. The van der Waals surface area contributed by atoms with Crippen LogP contribution in [0, 0.1) is 10.1 Å². The van der Waals surface area contributed by atoms with Gasteiger partial charge in [-0.1, -0.05) is 31.5 Å². The molecule has 1 N–H and O–H groups in total. The number of nitrogens with zero attached hydrogens (tertiary/aromatic N) is 2. The third kappa shape index (κ3) is 4.33. The number of oxazole rings is 1. The molecule has 7 nitrogen and oxygen atoms in total. The zero-order chi connectivity index (χ0) is 22.8. The number of fused-ring (bicyclic) bond motifs is 1. The third-order valence-electron chi connectivity index (χ3n) is 5.39. The van der Waals surface area contributed by atoms with Gasteiger partial charge in [-0.25, -0.2) is 4.98 Å². The number of non-ortho nitro benzene ring substituents is 1. The molecule has 4 aromatic rings. The molecule has 4 rings (SSSR count). The maximum absolute atomic E-state index is 12.5. The maximum atomic E-state index is 12.5. The van der Waals surface area contributed by atoms with Gasteiger partial charge in [0.05, 0.1) is 15.5 Å². The average molecular weight is 450 g/mol. The number of rotatable bonds is 6. The van der Waals surface area contributed by atoms with Gasteiger partial charge in [-0.2, -0.15) is 0 Å². The molecule has 3 aromatic carbocycles. The van der Waals surface area contributed by atoms with Crippen LogP contribution in [0.4, 0.5) is 11.4 Å². The van der Waals surface area contributed by atoms with E-state index < -0.39 is 10.8 Å². The molecule has 1 heterocycles. The first-order valence-electron chi connectivity index (χ1n) is 10.1. The number of benzene rings is 3. The number of nitro benzene ring substituents is 1. The topological polar surface area (TPSA) is 98.3 Å². The summed E-state index contributed by atoms with van der Waals surface area (Å²) in [5.41, 5.74) is 3.83. The van der Waals surface area contributed by atoms with Crippen LogP contribution in [0.1, 0.15) is 42.1 Å². The van der Waals surface area contributed by atoms with Crippen molar-refractivity contribution < 1.29 is 14.1 Å².